The molecule has 1 saturated carbocycles. The molecule has 6 atom stereocenters. The van der Waals surface area contributed by atoms with Crippen LogP contribution in [0.1, 0.15) is 78.2 Å². The van der Waals surface area contributed by atoms with Gasteiger partial charge in [-0.05, 0) is 72.2 Å². The molecular formula is C31H44BrFO4Si. The molecule has 0 radical (unpaired) electrons. The van der Waals surface area contributed by atoms with Crippen molar-refractivity contribution >= 4 is 30.0 Å². The Morgan fingerprint density at radius 3 is 2.66 bits per heavy atom. The Morgan fingerprint density at radius 1 is 1.29 bits per heavy atom. The van der Waals surface area contributed by atoms with Crippen LogP contribution in [-0.4, -0.2) is 39.2 Å². The van der Waals surface area contributed by atoms with E-state index in [0.717, 1.165) is 19.3 Å². The lowest BCUT2D eigenvalue weighted by Crippen LogP contribution is -2.45. The Kier molecular flexibility index (Phi) is 11.0. The molecule has 6 unspecified atom stereocenters. The molecule has 0 bridgehead atoms. The fourth-order valence-corrected chi connectivity index (χ4v) is 6.62. The Hall–Kier alpha value is -1.30. The second-order valence-electron chi connectivity index (χ2n) is 12.2. The molecule has 1 heterocycles. The minimum atomic E-state index is -2.09. The average Bonchev–Trinajstić information content (AvgIpc) is 3.15. The third-order valence-electron chi connectivity index (χ3n) is 8.27. The van der Waals surface area contributed by atoms with Crippen LogP contribution >= 0.6 is 15.9 Å². The number of carbonyl (C=O) groups is 1. The van der Waals surface area contributed by atoms with Crippen LogP contribution < -0.4 is 0 Å². The van der Waals surface area contributed by atoms with E-state index in [2.05, 4.69) is 80.7 Å². The highest BCUT2D eigenvalue weighted by Crippen LogP contribution is 2.43. The molecule has 210 valence electrons. The molecule has 4 nitrogen and oxygen atoms in total. The molecular weight excluding hydrogens is 563 g/mol. The van der Waals surface area contributed by atoms with Crippen molar-refractivity contribution in [2.24, 2.45) is 11.8 Å². The summed E-state index contributed by atoms with van der Waals surface area (Å²) in [5, 5.41) is 0.0461. The molecule has 1 saturated heterocycles. The van der Waals surface area contributed by atoms with Gasteiger partial charge >= 0.3 is 0 Å². The molecule has 2 fully saturated rings. The lowest BCUT2D eigenvalue weighted by Gasteiger charge is -2.40. The number of rotatable bonds is 9. The molecule has 7 heteroatoms. The summed E-state index contributed by atoms with van der Waals surface area (Å²) in [5.41, 5.74) is 0.404. The first kappa shape index (κ1) is 31.2. The van der Waals surface area contributed by atoms with Crippen LogP contribution in [0.5, 0.6) is 0 Å². The predicted octanol–water partition coefficient (Wildman–Crippen LogP) is 8.17. The number of Topliss-reactive ketones (excluding diaryl/α,β-unsaturated/α-hetero) is 1. The van der Waals surface area contributed by atoms with Crippen molar-refractivity contribution in [3.05, 3.63) is 46.2 Å². The first-order chi connectivity index (χ1) is 17.9. The van der Waals surface area contributed by atoms with Crippen LogP contribution in [0, 0.1) is 29.5 Å². The van der Waals surface area contributed by atoms with Gasteiger partial charge in [0, 0.05) is 30.9 Å². The molecule has 1 aliphatic heterocycles. The number of hydrogen-bond donors (Lipinski definition) is 0. The normalized spacial score (nSPS) is 26.3. The monoisotopic (exact) mass is 606 g/mol. The first-order valence-corrected chi connectivity index (χ1v) is 17.5. The molecule has 1 aromatic rings. The smallest absolute Gasteiger partial charge is 0.192 e. The summed E-state index contributed by atoms with van der Waals surface area (Å²) in [7, 11) is -2.09. The lowest BCUT2D eigenvalue weighted by molar-refractivity contribution is -0.191. The van der Waals surface area contributed by atoms with Gasteiger partial charge in [-0.3, -0.25) is 4.79 Å². The lowest BCUT2D eigenvalue weighted by atomic mass is 9.86. The van der Waals surface area contributed by atoms with Crippen LogP contribution in [0.15, 0.2) is 34.8 Å². The Morgan fingerprint density at radius 2 is 2.03 bits per heavy atom. The fraction of sp³-hybridized carbons (Fsp3) is 0.645. The van der Waals surface area contributed by atoms with E-state index < -0.39 is 14.2 Å². The highest BCUT2D eigenvalue weighted by atomic mass is 79.9. The first-order valence-electron chi connectivity index (χ1n) is 13.8. The summed E-state index contributed by atoms with van der Waals surface area (Å²) >= 11 is 3.30. The summed E-state index contributed by atoms with van der Waals surface area (Å²) < 4.78 is 34.7. The van der Waals surface area contributed by atoms with E-state index in [9.17, 15) is 4.79 Å². The number of ether oxygens (including phenoxy) is 2. The van der Waals surface area contributed by atoms with Gasteiger partial charge in [0.1, 0.15) is 11.6 Å². The van der Waals surface area contributed by atoms with E-state index in [1.54, 1.807) is 18.2 Å². The zero-order valence-electron chi connectivity index (χ0n) is 24.0. The minimum Gasteiger partial charge on any atom is -0.410 e. The largest absolute Gasteiger partial charge is 0.410 e. The summed E-state index contributed by atoms with van der Waals surface area (Å²) in [6.07, 6.45) is 7.06. The second-order valence-corrected chi connectivity index (χ2v) is 17.8. The second kappa shape index (κ2) is 13.4. The minimum absolute atomic E-state index is 0.00998. The van der Waals surface area contributed by atoms with E-state index >= 15 is 4.39 Å². The number of benzene rings is 1. The van der Waals surface area contributed by atoms with Crippen molar-refractivity contribution < 1.29 is 23.1 Å². The van der Waals surface area contributed by atoms with E-state index in [0.29, 0.717) is 23.1 Å². The van der Waals surface area contributed by atoms with Crippen molar-refractivity contribution in [3.8, 4) is 11.8 Å². The standard InChI is InChI=1S/C31H44BrFO4Si/c1-8-9-13-21(2)26(37-38(6,7)31(3,4)5)18-17-22-27(36-28-16-10-11-19-35-28)20-25(34)29(22)23-14-12-15-24(32)30(23)33/h12,14-15,17-18,21-22,26-29H,10-11,13,16,19-20H2,1-7H3/b18-17+. The third kappa shape index (κ3) is 7.66. The molecule has 0 N–H and O–H groups in total. The van der Waals surface area contributed by atoms with Crippen LogP contribution in [0.3, 0.4) is 0 Å². The zero-order valence-corrected chi connectivity index (χ0v) is 26.6. The maximum atomic E-state index is 15.3. The molecule has 38 heavy (non-hydrogen) atoms. The van der Waals surface area contributed by atoms with Gasteiger partial charge in [0.15, 0.2) is 14.6 Å². The van der Waals surface area contributed by atoms with Crippen LogP contribution in [0.4, 0.5) is 4.39 Å². The van der Waals surface area contributed by atoms with Crippen molar-refractivity contribution in [3.63, 3.8) is 0 Å². The summed E-state index contributed by atoms with van der Waals surface area (Å²) in [5.74, 6) is 5.00. The molecule has 1 aliphatic carbocycles. The van der Waals surface area contributed by atoms with E-state index in [4.69, 9.17) is 13.9 Å². The van der Waals surface area contributed by atoms with Crippen molar-refractivity contribution in [2.45, 2.75) is 109 Å². The van der Waals surface area contributed by atoms with Gasteiger partial charge in [-0.1, -0.05) is 52.0 Å². The predicted molar refractivity (Wildman–Crippen MR) is 157 cm³/mol. The Bertz CT molecular complexity index is 1050. The fourth-order valence-electron chi connectivity index (χ4n) is 4.90. The number of carbonyl (C=O) groups excluding carboxylic acids is 1. The Balaban J connectivity index is 1.98. The van der Waals surface area contributed by atoms with E-state index in [1.165, 1.54) is 0 Å². The summed E-state index contributed by atoms with van der Waals surface area (Å²) in [6.45, 7) is 15.8. The highest BCUT2D eigenvalue weighted by molar-refractivity contribution is 9.10. The molecule has 0 amide bonds. The summed E-state index contributed by atoms with van der Waals surface area (Å²) in [6, 6.07) is 5.16. The molecule has 1 aromatic carbocycles. The van der Waals surface area contributed by atoms with Gasteiger partial charge in [0.05, 0.1) is 22.6 Å². The molecule has 2 aliphatic rings. The molecule has 0 spiro atoms. The summed E-state index contributed by atoms with van der Waals surface area (Å²) in [4.78, 5) is 13.4. The molecule has 3 rings (SSSR count). The van der Waals surface area contributed by atoms with Crippen molar-refractivity contribution in [2.75, 3.05) is 6.61 Å². The highest BCUT2D eigenvalue weighted by Gasteiger charge is 2.45. The van der Waals surface area contributed by atoms with E-state index in [1.807, 2.05) is 6.92 Å². The SMILES string of the molecule is CC#CCC(C)C(/C=C/C1C(OC2CCCCO2)CC(=O)C1c1cccc(Br)c1F)O[Si](C)(C)C(C)(C)C. The van der Waals surface area contributed by atoms with Crippen LogP contribution in [-0.2, 0) is 18.7 Å². The van der Waals surface area contributed by atoms with Crippen molar-refractivity contribution in [1.29, 1.82) is 0 Å². The van der Waals surface area contributed by atoms with Gasteiger partial charge in [0.25, 0.3) is 0 Å². The topological polar surface area (TPSA) is 44.8 Å². The van der Waals surface area contributed by atoms with Crippen LogP contribution in [0.25, 0.3) is 0 Å². The van der Waals surface area contributed by atoms with Crippen molar-refractivity contribution in [1.82, 2.24) is 0 Å². The van der Waals surface area contributed by atoms with Gasteiger partial charge in [-0.15, -0.1) is 11.8 Å². The average molecular weight is 608 g/mol. The number of ketones is 1. The van der Waals surface area contributed by atoms with Crippen LogP contribution in [0.2, 0.25) is 18.1 Å². The van der Waals surface area contributed by atoms with Gasteiger partial charge in [-0.25, -0.2) is 4.39 Å². The van der Waals surface area contributed by atoms with Gasteiger partial charge < -0.3 is 13.9 Å². The number of halogens is 2. The quantitative estimate of drug-likeness (QED) is 0.161. The maximum absolute atomic E-state index is 15.3. The number of hydrogen-bond acceptors (Lipinski definition) is 4. The van der Waals surface area contributed by atoms with Gasteiger partial charge in [0.2, 0.25) is 0 Å². The maximum Gasteiger partial charge on any atom is 0.192 e. The van der Waals surface area contributed by atoms with Gasteiger partial charge in [-0.2, -0.15) is 0 Å². The third-order valence-corrected chi connectivity index (χ3v) is 13.4. The van der Waals surface area contributed by atoms with E-state index in [-0.39, 0.29) is 53.4 Å². The Labute approximate surface area is 238 Å². The zero-order chi connectivity index (χ0) is 28.1. The molecule has 0 aromatic heterocycles.